The molecule has 1 atom stereocenters. The quantitative estimate of drug-likeness (QED) is 0.546. The van der Waals surface area contributed by atoms with Crippen LogP contribution >= 0.6 is 0 Å². The Hall–Kier alpha value is -0.900. The number of nitrogens with one attached hydrogen (secondary N) is 1. The lowest BCUT2D eigenvalue weighted by atomic mass is 10.4. The van der Waals surface area contributed by atoms with Crippen LogP contribution in [0.4, 0.5) is 4.79 Å². The average molecular weight is 128 g/mol. The minimum absolute atomic E-state index is 0.185. The third-order valence-corrected chi connectivity index (χ3v) is 1.10. The molecular formula is C5H8N2O2. The number of rotatable bonds is 1. The Morgan fingerprint density at radius 3 is 3.22 bits per heavy atom. The van der Waals surface area contributed by atoms with Crippen molar-refractivity contribution in [1.82, 2.24) is 5.32 Å². The first-order valence-corrected chi connectivity index (χ1v) is 2.69. The molecule has 0 bridgehead atoms. The second-order valence-corrected chi connectivity index (χ2v) is 1.72. The standard InChI is InChI=1S/C5H8N2O2/c1-9-4-2-3-6-5(8)7-4/h3-4H,2H2,1H3,(H,7,8). The van der Waals surface area contributed by atoms with Gasteiger partial charge in [0.2, 0.25) is 0 Å². The number of nitrogens with zero attached hydrogens (tertiary/aromatic N) is 1. The molecule has 0 saturated heterocycles. The van der Waals surface area contributed by atoms with Gasteiger partial charge in [-0.3, -0.25) is 0 Å². The van der Waals surface area contributed by atoms with Gasteiger partial charge in [-0.2, -0.15) is 0 Å². The Morgan fingerprint density at radius 1 is 2.00 bits per heavy atom. The summed E-state index contributed by atoms with van der Waals surface area (Å²) in [6, 6.07) is -0.326. The van der Waals surface area contributed by atoms with Crippen molar-refractivity contribution in [3.63, 3.8) is 0 Å². The van der Waals surface area contributed by atoms with Crippen LogP contribution in [0.3, 0.4) is 0 Å². The Balaban J connectivity index is 2.47. The Bertz CT molecular complexity index is 144. The van der Waals surface area contributed by atoms with E-state index in [0.29, 0.717) is 6.42 Å². The van der Waals surface area contributed by atoms with E-state index >= 15 is 0 Å². The second-order valence-electron chi connectivity index (χ2n) is 1.72. The van der Waals surface area contributed by atoms with E-state index in [1.54, 1.807) is 13.3 Å². The molecule has 4 nitrogen and oxygen atoms in total. The zero-order chi connectivity index (χ0) is 6.69. The molecule has 1 rings (SSSR count). The van der Waals surface area contributed by atoms with Gasteiger partial charge < -0.3 is 10.1 Å². The number of aliphatic imine (C=N–C) groups is 1. The highest BCUT2D eigenvalue weighted by Crippen LogP contribution is 1.95. The average Bonchev–Trinajstić information content (AvgIpc) is 1.88. The predicted octanol–water partition coefficient (Wildman–Crippen LogP) is 0.143. The van der Waals surface area contributed by atoms with E-state index in [1.807, 2.05) is 0 Å². The monoisotopic (exact) mass is 128 g/mol. The summed E-state index contributed by atoms with van der Waals surface area (Å²) >= 11 is 0. The van der Waals surface area contributed by atoms with E-state index in [-0.39, 0.29) is 12.3 Å². The van der Waals surface area contributed by atoms with Crippen molar-refractivity contribution in [2.75, 3.05) is 7.11 Å². The van der Waals surface area contributed by atoms with Gasteiger partial charge in [-0.25, -0.2) is 9.79 Å². The van der Waals surface area contributed by atoms with E-state index < -0.39 is 0 Å². The fraction of sp³-hybridized carbons (Fsp3) is 0.600. The van der Waals surface area contributed by atoms with Crippen molar-refractivity contribution < 1.29 is 9.53 Å². The maximum Gasteiger partial charge on any atom is 0.342 e. The van der Waals surface area contributed by atoms with E-state index in [9.17, 15) is 4.79 Å². The van der Waals surface area contributed by atoms with E-state index in [1.165, 1.54) is 0 Å². The molecule has 4 heteroatoms. The predicted molar refractivity (Wildman–Crippen MR) is 32.4 cm³/mol. The molecular weight excluding hydrogens is 120 g/mol. The first-order chi connectivity index (χ1) is 4.33. The van der Waals surface area contributed by atoms with Crippen LogP contribution in [0, 0.1) is 0 Å². The van der Waals surface area contributed by atoms with Crippen molar-refractivity contribution in [2.45, 2.75) is 12.6 Å². The van der Waals surface area contributed by atoms with E-state index in [4.69, 9.17) is 4.74 Å². The molecule has 1 heterocycles. The second kappa shape index (κ2) is 2.59. The first-order valence-electron chi connectivity index (χ1n) is 2.69. The van der Waals surface area contributed by atoms with Crippen LogP contribution < -0.4 is 5.32 Å². The molecule has 0 spiro atoms. The number of amides is 2. The molecule has 50 valence electrons. The zero-order valence-corrected chi connectivity index (χ0v) is 5.13. The topological polar surface area (TPSA) is 50.7 Å². The molecule has 0 aromatic carbocycles. The van der Waals surface area contributed by atoms with Crippen LogP contribution in [0.1, 0.15) is 6.42 Å². The number of methoxy groups -OCH3 is 1. The van der Waals surface area contributed by atoms with Crippen LogP contribution in [-0.2, 0) is 4.74 Å². The van der Waals surface area contributed by atoms with Crippen molar-refractivity contribution in [3.8, 4) is 0 Å². The third-order valence-electron chi connectivity index (χ3n) is 1.10. The van der Waals surface area contributed by atoms with Crippen LogP contribution in [0.5, 0.6) is 0 Å². The van der Waals surface area contributed by atoms with Gasteiger partial charge in [-0.15, -0.1) is 0 Å². The van der Waals surface area contributed by atoms with Crippen molar-refractivity contribution >= 4 is 12.2 Å². The van der Waals surface area contributed by atoms with Crippen LogP contribution in [0.2, 0.25) is 0 Å². The summed E-state index contributed by atoms with van der Waals surface area (Å²) < 4.78 is 4.84. The molecule has 0 fully saturated rings. The minimum Gasteiger partial charge on any atom is -0.361 e. The van der Waals surface area contributed by atoms with Gasteiger partial charge in [0.05, 0.1) is 0 Å². The summed E-state index contributed by atoms with van der Waals surface area (Å²) in [5, 5.41) is 2.51. The number of hydrogen-bond acceptors (Lipinski definition) is 2. The molecule has 9 heavy (non-hydrogen) atoms. The van der Waals surface area contributed by atoms with E-state index in [0.717, 1.165) is 0 Å². The van der Waals surface area contributed by atoms with Crippen molar-refractivity contribution in [1.29, 1.82) is 0 Å². The number of carbonyl (C=O) groups excluding carboxylic acids is 1. The van der Waals surface area contributed by atoms with Gasteiger partial charge in [-0.1, -0.05) is 0 Å². The highest BCUT2D eigenvalue weighted by atomic mass is 16.5. The maximum absolute atomic E-state index is 10.4. The highest BCUT2D eigenvalue weighted by molar-refractivity contribution is 5.86. The van der Waals surface area contributed by atoms with Crippen LogP contribution in [0.25, 0.3) is 0 Å². The molecule has 0 saturated carbocycles. The Labute approximate surface area is 52.9 Å². The molecule has 0 aromatic rings. The minimum atomic E-state index is -0.326. The Kier molecular flexibility index (Phi) is 1.79. The molecule has 0 aromatic heterocycles. The molecule has 2 amide bonds. The molecule has 1 aliphatic rings. The van der Waals surface area contributed by atoms with Gasteiger partial charge in [0.1, 0.15) is 6.23 Å². The van der Waals surface area contributed by atoms with Crippen molar-refractivity contribution in [2.24, 2.45) is 4.99 Å². The lowest BCUT2D eigenvalue weighted by molar-refractivity contribution is 0.0869. The van der Waals surface area contributed by atoms with Crippen molar-refractivity contribution in [3.05, 3.63) is 0 Å². The fourth-order valence-corrected chi connectivity index (χ4v) is 0.620. The number of hydrogen-bond donors (Lipinski definition) is 1. The lowest BCUT2D eigenvalue weighted by Crippen LogP contribution is -2.37. The van der Waals surface area contributed by atoms with Crippen LogP contribution in [-0.4, -0.2) is 25.6 Å². The first kappa shape index (κ1) is 6.22. The smallest absolute Gasteiger partial charge is 0.342 e. The molecule has 0 radical (unpaired) electrons. The van der Waals surface area contributed by atoms with Gasteiger partial charge in [-0.05, 0) is 0 Å². The lowest BCUT2D eigenvalue weighted by Gasteiger charge is -2.15. The summed E-state index contributed by atoms with van der Waals surface area (Å²) in [6.07, 6.45) is 2.02. The number of carbonyl (C=O) groups is 1. The van der Waals surface area contributed by atoms with Gasteiger partial charge in [0.25, 0.3) is 0 Å². The largest absolute Gasteiger partial charge is 0.361 e. The molecule has 0 aliphatic carbocycles. The Morgan fingerprint density at radius 2 is 2.78 bits per heavy atom. The SMILES string of the molecule is COC1CC=NC(=O)N1. The summed E-state index contributed by atoms with van der Waals surface area (Å²) in [5.41, 5.74) is 0. The zero-order valence-electron chi connectivity index (χ0n) is 5.13. The molecule has 1 N–H and O–H groups in total. The highest BCUT2D eigenvalue weighted by Gasteiger charge is 2.12. The number of ether oxygens (including phenoxy) is 1. The normalized spacial score (nSPS) is 25.9. The third kappa shape index (κ3) is 1.50. The molecule has 1 unspecified atom stereocenters. The van der Waals surface area contributed by atoms with Gasteiger partial charge >= 0.3 is 6.03 Å². The van der Waals surface area contributed by atoms with Gasteiger partial charge in [0, 0.05) is 19.7 Å². The van der Waals surface area contributed by atoms with Crippen LogP contribution in [0.15, 0.2) is 4.99 Å². The molecule has 1 aliphatic heterocycles. The summed E-state index contributed by atoms with van der Waals surface area (Å²) in [4.78, 5) is 13.9. The fourth-order valence-electron chi connectivity index (χ4n) is 0.620. The summed E-state index contributed by atoms with van der Waals surface area (Å²) in [5.74, 6) is 0. The number of urea groups is 1. The van der Waals surface area contributed by atoms with E-state index in [2.05, 4.69) is 10.3 Å². The van der Waals surface area contributed by atoms with Gasteiger partial charge in [0.15, 0.2) is 0 Å². The maximum atomic E-state index is 10.4. The summed E-state index contributed by atoms with van der Waals surface area (Å²) in [7, 11) is 1.55. The summed E-state index contributed by atoms with van der Waals surface area (Å²) in [6.45, 7) is 0.